The lowest BCUT2D eigenvalue weighted by Crippen LogP contribution is -2.20. The third-order valence-corrected chi connectivity index (χ3v) is 5.50. The van der Waals surface area contributed by atoms with Crippen LogP contribution in [-0.2, 0) is 6.42 Å². The van der Waals surface area contributed by atoms with Gasteiger partial charge in [0.15, 0.2) is 0 Å². The largest absolute Gasteiger partial charge is 0.785 e. The van der Waals surface area contributed by atoms with Crippen molar-refractivity contribution in [1.82, 2.24) is 5.06 Å². The molecule has 0 aliphatic rings. The summed E-state index contributed by atoms with van der Waals surface area (Å²) in [5.74, 6) is 0. The van der Waals surface area contributed by atoms with Crippen LogP contribution in [0.4, 0.5) is 0 Å². The van der Waals surface area contributed by atoms with Gasteiger partial charge in [-0.15, -0.1) is 0 Å². The summed E-state index contributed by atoms with van der Waals surface area (Å²) in [6.07, 6.45) is 21.4. The van der Waals surface area contributed by atoms with E-state index in [0.717, 1.165) is 12.8 Å². The second-order valence-corrected chi connectivity index (χ2v) is 8.11. The zero-order chi connectivity index (χ0) is 19.4. The van der Waals surface area contributed by atoms with E-state index in [0.29, 0.717) is 13.1 Å². The summed E-state index contributed by atoms with van der Waals surface area (Å²) in [7, 11) is 0. The molecule has 156 valence electrons. The van der Waals surface area contributed by atoms with E-state index in [1.54, 1.807) is 0 Å². The Labute approximate surface area is 169 Å². The molecule has 2 nitrogen and oxygen atoms in total. The molecule has 1 aromatic rings. The molecule has 0 spiro atoms. The summed E-state index contributed by atoms with van der Waals surface area (Å²) >= 11 is 0. The molecule has 0 unspecified atom stereocenters. The van der Waals surface area contributed by atoms with E-state index in [4.69, 9.17) is 0 Å². The molecule has 0 heterocycles. The van der Waals surface area contributed by atoms with Crippen LogP contribution in [0.15, 0.2) is 30.3 Å². The fraction of sp³-hybridized carbons (Fsp3) is 0.760. The SMILES string of the molecule is CCCCCCCCCCCCCCCCCN([O-])CCc1ccccc1. The van der Waals surface area contributed by atoms with Crippen molar-refractivity contribution in [3.8, 4) is 0 Å². The maximum absolute atomic E-state index is 11.9. The maximum atomic E-state index is 11.9. The third-order valence-electron chi connectivity index (χ3n) is 5.50. The van der Waals surface area contributed by atoms with Crippen LogP contribution in [0.25, 0.3) is 0 Å². The zero-order valence-electron chi connectivity index (χ0n) is 18.0. The van der Waals surface area contributed by atoms with E-state index < -0.39 is 0 Å². The second kappa shape index (κ2) is 18.5. The predicted molar refractivity (Wildman–Crippen MR) is 120 cm³/mol. The van der Waals surface area contributed by atoms with Crippen LogP contribution < -0.4 is 0 Å². The van der Waals surface area contributed by atoms with Crippen LogP contribution in [-0.4, -0.2) is 18.2 Å². The van der Waals surface area contributed by atoms with Crippen LogP contribution in [0.5, 0.6) is 0 Å². The smallest absolute Gasteiger partial charge is 0.0103 e. The summed E-state index contributed by atoms with van der Waals surface area (Å²) < 4.78 is 0. The molecule has 2 heteroatoms. The van der Waals surface area contributed by atoms with Gasteiger partial charge in [0.25, 0.3) is 0 Å². The average Bonchev–Trinajstić information content (AvgIpc) is 2.70. The quantitative estimate of drug-likeness (QED) is 0.182. The van der Waals surface area contributed by atoms with Crippen LogP contribution in [0.1, 0.15) is 109 Å². The molecular formula is C25H44NO-. The summed E-state index contributed by atoms with van der Waals surface area (Å²) in [6.45, 7) is 3.61. The van der Waals surface area contributed by atoms with Gasteiger partial charge in [-0.1, -0.05) is 127 Å². The molecule has 0 aliphatic carbocycles. The first kappa shape index (κ1) is 24.2. The van der Waals surface area contributed by atoms with Gasteiger partial charge in [0.2, 0.25) is 0 Å². The standard InChI is InChI=1S/C25H44NO/c1-2-3-4-5-6-7-8-9-10-11-12-13-14-15-19-23-26(27)24-22-25-20-17-16-18-21-25/h16-18,20-21H,2-15,19,22-24H2,1H3/q-1. The molecule has 0 fully saturated rings. The number of rotatable bonds is 19. The lowest BCUT2D eigenvalue weighted by molar-refractivity contribution is 0.366. The van der Waals surface area contributed by atoms with Crippen molar-refractivity contribution in [1.29, 1.82) is 0 Å². The van der Waals surface area contributed by atoms with Gasteiger partial charge in [-0.2, -0.15) is 0 Å². The molecule has 0 aliphatic heterocycles. The molecule has 0 saturated carbocycles. The first-order chi connectivity index (χ1) is 13.3. The van der Waals surface area contributed by atoms with Crippen molar-refractivity contribution < 1.29 is 0 Å². The number of hydrogen-bond acceptors (Lipinski definition) is 2. The van der Waals surface area contributed by atoms with Gasteiger partial charge in [-0.3, -0.25) is 0 Å². The van der Waals surface area contributed by atoms with E-state index in [9.17, 15) is 5.21 Å². The summed E-state index contributed by atoms with van der Waals surface area (Å²) in [5.41, 5.74) is 1.26. The van der Waals surface area contributed by atoms with Crippen LogP contribution >= 0.6 is 0 Å². The average molecular weight is 375 g/mol. The lowest BCUT2D eigenvalue weighted by Gasteiger charge is -2.28. The molecule has 0 atom stereocenters. The summed E-state index contributed by atoms with van der Waals surface area (Å²) in [4.78, 5) is 0. The minimum absolute atomic E-state index is 0.628. The maximum Gasteiger partial charge on any atom is -0.0103 e. The Hall–Kier alpha value is -0.860. The Bertz CT molecular complexity index is 406. The number of nitrogens with zero attached hydrogens (tertiary/aromatic N) is 1. The highest BCUT2D eigenvalue weighted by Crippen LogP contribution is 2.13. The van der Waals surface area contributed by atoms with Gasteiger partial charge in [-0.05, 0) is 31.5 Å². The Morgan fingerprint density at radius 1 is 0.593 bits per heavy atom. The van der Waals surface area contributed by atoms with Crippen molar-refractivity contribution >= 4 is 0 Å². The minimum atomic E-state index is 0.628. The molecule has 0 radical (unpaired) electrons. The van der Waals surface area contributed by atoms with Crippen LogP contribution in [0, 0.1) is 5.21 Å². The Balaban J connectivity index is 1.76. The molecular weight excluding hydrogens is 330 g/mol. The zero-order valence-corrected chi connectivity index (χ0v) is 18.0. The van der Waals surface area contributed by atoms with Crippen molar-refractivity contribution in [2.45, 2.75) is 110 Å². The highest BCUT2D eigenvalue weighted by Gasteiger charge is 1.97. The van der Waals surface area contributed by atoms with Gasteiger partial charge >= 0.3 is 0 Å². The predicted octanol–water partition coefficient (Wildman–Crippen LogP) is 7.90. The van der Waals surface area contributed by atoms with E-state index in [-0.39, 0.29) is 0 Å². The van der Waals surface area contributed by atoms with E-state index in [1.165, 1.54) is 101 Å². The molecule has 0 aromatic heterocycles. The molecule has 0 saturated heterocycles. The summed E-state index contributed by atoms with van der Waals surface area (Å²) in [6, 6.07) is 10.3. The van der Waals surface area contributed by atoms with E-state index >= 15 is 0 Å². The molecule has 1 rings (SSSR count). The van der Waals surface area contributed by atoms with Crippen molar-refractivity contribution in [3.05, 3.63) is 41.1 Å². The first-order valence-corrected chi connectivity index (χ1v) is 11.8. The van der Waals surface area contributed by atoms with E-state index in [2.05, 4.69) is 19.1 Å². The number of benzene rings is 1. The van der Waals surface area contributed by atoms with Gasteiger partial charge in [-0.25, -0.2) is 0 Å². The molecule has 0 N–H and O–H groups in total. The lowest BCUT2D eigenvalue weighted by atomic mass is 10.0. The van der Waals surface area contributed by atoms with Crippen molar-refractivity contribution in [3.63, 3.8) is 0 Å². The minimum Gasteiger partial charge on any atom is -0.785 e. The topological polar surface area (TPSA) is 26.3 Å². The number of unbranched alkanes of at least 4 members (excludes halogenated alkanes) is 14. The van der Waals surface area contributed by atoms with Crippen LogP contribution in [0.2, 0.25) is 0 Å². The van der Waals surface area contributed by atoms with Gasteiger partial charge in [0, 0.05) is 0 Å². The van der Waals surface area contributed by atoms with Gasteiger partial charge in [0.1, 0.15) is 0 Å². The van der Waals surface area contributed by atoms with Gasteiger partial charge in [0.05, 0.1) is 0 Å². The van der Waals surface area contributed by atoms with Crippen LogP contribution in [0.3, 0.4) is 0 Å². The molecule has 27 heavy (non-hydrogen) atoms. The second-order valence-electron chi connectivity index (χ2n) is 8.11. The fourth-order valence-corrected chi connectivity index (χ4v) is 3.67. The Kier molecular flexibility index (Phi) is 16.6. The van der Waals surface area contributed by atoms with Crippen molar-refractivity contribution in [2.75, 3.05) is 13.1 Å². The highest BCUT2D eigenvalue weighted by molar-refractivity contribution is 5.14. The van der Waals surface area contributed by atoms with Gasteiger partial charge < -0.3 is 10.3 Å². The number of hydroxylamine groups is 2. The number of hydrogen-bond donors (Lipinski definition) is 0. The Morgan fingerprint density at radius 3 is 1.52 bits per heavy atom. The molecule has 0 amide bonds. The third kappa shape index (κ3) is 15.9. The van der Waals surface area contributed by atoms with Crippen molar-refractivity contribution in [2.24, 2.45) is 0 Å². The first-order valence-electron chi connectivity index (χ1n) is 11.8. The highest BCUT2D eigenvalue weighted by atomic mass is 16.5. The molecule has 0 bridgehead atoms. The monoisotopic (exact) mass is 374 g/mol. The Morgan fingerprint density at radius 2 is 1.04 bits per heavy atom. The fourth-order valence-electron chi connectivity index (χ4n) is 3.67. The molecule has 1 aromatic carbocycles. The summed E-state index contributed by atoms with van der Waals surface area (Å²) in [5, 5.41) is 13.1. The normalized spacial score (nSPS) is 11.4. The van der Waals surface area contributed by atoms with E-state index in [1.807, 2.05) is 18.2 Å².